The van der Waals surface area contributed by atoms with Gasteiger partial charge >= 0.3 is 0 Å². The van der Waals surface area contributed by atoms with Crippen molar-refractivity contribution in [2.45, 2.75) is 6.61 Å². The van der Waals surface area contributed by atoms with Crippen LogP contribution in [0.3, 0.4) is 0 Å². The summed E-state index contributed by atoms with van der Waals surface area (Å²) in [4.78, 5) is 4.34. The molecule has 102 valence electrons. The van der Waals surface area contributed by atoms with Gasteiger partial charge < -0.3 is 15.2 Å². The van der Waals surface area contributed by atoms with Crippen molar-refractivity contribution < 1.29 is 9.47 Å². The molecule has 0 atom stereocenters. The predicted molar refractivity (Wildman–Crippen MR) is 74.7 cm³/mol. The summed E-state index contributed by atoms with van der Waals surface area (Å²) < 4.78 is 12.4. The van der Waals surface area contributed by atoms with E-state index in [4.69, 9.17) is 15.2 Å². The first kappa shape index (κ1) is 12.3. The van der Waals surface area contributed by atoms with Gasteiger partial charge in [-0.05, 0) is 24.3 Å². The first-order valence-corrected chi connectivity index (χ1v) is 6.13. The number of fused-ring (bicyclic) bond motifs is 1. The Hall–Kier alpha value is -2.76. The Morgan fingerprint density at radius 2 is 2.05 bits per heavy atom. The summed E-state index contributed by atoms with van der Waals surface area (Å²) in [5, 5.41) is 4.30. The number of nitrogens with zero attached hydrogens (tertiary/aromatic N) is 3. The molecule has 0 bridgehead atoms. The van der Waals surface area contributed by atoms with E-state index in [1.807, 2.05) is 30.3 Å². The number of nitrogens with two attached hydrogens (primary N) is 1. The first-order chi connectivity index (χ1) is 9.76. The van der Waals surface area contributed by atoms with Crippen LogP contribution in [0, 0.1) is 0 Å². The molecule has 3 rings (SSSR count). The van der Waals surface area contributed by atoms with E-state index in [1.165, 1.54) is 0 Å². The monoisotopic (exact) mass is 270 g/mol. The molecule has 3 aromatic rings. The Morgan fingerprint density at radius 3 is 2.85 bits per heavy atom. The summed E-state index contributed by atoms with van der Waals surface area (Å²) in [6, 6.07) is 11.0. The summed E-state index contributed by atoms with van der Waals surface area (Å²) in [5.74, 6) is 2.02. The molecule has 0 aliphatic carbocycles. The molecule has 0 saturated carbocycles. The first-order valence-electron chi connectivity index (χ1n) is 6.13. The van der Waals surface area contributed by atoms with Crippen molar-refractivity contribution >= 4 is 11.3 Å². The van der Waals surface area contributed by atoms with Crippen molar-refractivity contribution in [3.63, 3.8) is 0 Å². The van der Waals surface area contributed by atoms with Crippen LogP contribution in [-0.4, -0.2) is 21.7 Å². The number of nitrogen functional groups attached to an aromatic ring is 1. The minimum atomic E-state index is 0.272. The third kappa shape index (κ3) is 2.35. The number of aromatic nitrogens is 3. The molecule has 0 fully saturated rings. The van der Waals surface area contributed by atoms with Gasteiger partial charge in [-0.3, -0.25) is 0 Å². The molecule has 0 amide bonds. The Balaban J connectivity index is 1.78. The van der Waals surface area contributed by atoms with Crippen LogP contribution in [-0.2, 0) is 6.61 Å². The standard InChI is InChI=1S/C14H14N4O2/c1-19-10-4-2-5-11(8-10)20-9-13-16-14-12(15)6-3-7-18(14)17-13/h2-8H,9,15H2,1H3. The Labute approximate surface area is 115 Å². The van der Waals surface area contributed by atoms with Crippen LogP contribution in [0.25, 0.3) is 5.65 Å². The van der Waals surface area contributed by atoms with Crippen molar-refractivity contribution in [2.75, 3.05) is 12.8 Å². The zero-order valence-electron chi connectivity index (χ0n) is 11.0. The maximum Gasteiger partial charge on any atom is 0.189 e. The van der Waals surface area contributed by atoms with Crippen LogP contribution < -0.4 is 15.2 Å². The van der Waals surface area contributed by atoms with Gasteiger partial charge in [0.25, 0.3) is 0 Å². The van der Waals surface area contributed by atoms with Crippen LogP contribution in [0.5, 0.6) is 11.5 Å². The molecule has 1 aromatic carbocycles. The van der Waals surface area contributed by atoms with E-state index in [1.54, 1.807) is 23.9 Å². The van der Waals surface area contributed by atoms with Gasteiger partial charge in [-0.15, -0.1) is 5.10 Å². The second kappa shape index (κ2) is 5.08. The van der Waals surface area contributed by atoms with E-state index in [0.717, 1.165) is 5.75 Å². The summed E-state index contributed by atoms with van der Waals surface area (Å²) in [6.45, 7) is 0.272. The van der Waals surface area contributed by atoms with E-state index in [9.17, 15) is 0 Å². The van der Waals surface area contributed by atoms with Crippen molar-refractivity contribution in [1.29, 1.82) is 0 Å². The van der Waals surface area contributed by atoms with Gasteiger partial charge in [0.2, 0.25) is 0 Å². The predicted octanol–water partition coefficient (Wildman–Crippen LogP) is 1.90. The second-order valence-corrected chi connectivity index (χ2v) is 4.23. The molecule has 6 nitrogen and oxygen atoms in total. The lowest BCUT2D eigenvalue weighted by Gasteiger charge is -2.05. The minimum Gasteiger partial charge on any atom is -0.497 e. The normalized spacial score (nSPS) is 10.7. The van der Waals surface area contributed by atoms with Gasteiger partial charge in [-0.2, -0.15) is 0 Å². The van der Waals surface area contributed by atoms with E-state index in [2.05, 4.69) is 10.1 Å². The quantitative estimate of drug-likeness (QED) is 0.783. The SMILES string of the molecule is COc1cccc(OCc2nc3c(N)cccn3n2)c1. The fourth-order valence-electron chi connectivity index (χ4n) is 1.87. The molecular formula is C14H14N4O2. The number of rotatable bonds is 4. The molecular weight excluding hydrogens is 256 g/mol. The lowest BCUT2D eigenvalue weighted by Crippen LogP contribution is -1.98. The van der Waals surface area contributed by atoms with Crippen LogP contribution in [0.15, 0.2) is 42.6 Å². The van der Waals surface area contributed by atoms with E-state index >= 15 is 0 Å². The van der Waals surface area contributed by atoms with Gasteiger partial charge in [0.05, 0.1) is 12.8 Å². The fraction of sp³-hybridized carbons (Fsp3) is 0.143. The zero-order valence-corrected chi connectivity index (χ0v) is 11.0. The number of benzene rings is 1. The molecule has 0 aliphatic rings. The average Bonchev–Trinajstić information content (AvgIpc) is 2.90. The number of hydrogen-bond donors (Lipinski definition) is 1. The van der Waals surface area contributed by atoms with Crippen LogP contribution in [0.4, 0.5) is 5.69 Å². The van der Waals surface area contributed by atoms with Gasteiger partial charge in [-0.25, -0.2) is 9.50 Å². The lowest BCUT2D eigenvalue weighted by atomic mass is 10.3. The van der Waals surface area contributed by atoms with Gasteiger partial charge in [0.15, 0.2) is 11.5 Å². The van der Waals surface area contributed by atoms with E-state index in [0.29, 0.717) is 22.9 Å². The number of ether oxygens (including phenoxy) is 2. The van der Waals surface area contributed by atoms with Gasteiger partial charge in [0.1, 0.15) is 18.1 Å². The Morgan fingerprint density at radius 1 is 1.20 bits per heavy atom. The molecule has 2 aromatic heterocycles. The molecule has 0 spiro atoms. The van der Waals surface area contributed by atoms with Gasteiger partial charge in [-0.1, -0.05) is 6.07 Å². The fourth-order valence-corrected chi connectivity index (χ4v) is 1.87. The molecule has 0 unspecified atom stereocenters. The molecule has 6 heteroatoms. The van der Waals surface area contributed by atoms with Crippen LogP contribution in [0.1, 0.15) is 5.82 Å². The summed E-state index contributed by atoms with van der Waals surface area (Å²) in [5.41, 5.74) is 7.06. The minimum absolute atomic E-state index is 0.272. The van der Waals surface area contributed by atoms with E-state index < -0.39 is 0 Å². The maximum atomic E-state index is 5.83. The summed E-state index contributed by atoms with van der Waals surface area (Å²) in [6.07, 6.45) is 1.80. The van der Waals surface area contributed by atoms with Gasteiger partial charge in [0, 0.05) is 12.3 Å². The molecule has 0 aliphatic heterocycles. The van der Waals surface area contributed by atoms with Crippen molar-refractivity contribution in [1.82, 2.24) is 14.6 Å². The molecule has 2 N–H and O–H groups in total. The molecule has 20 heavy (non-hydrogen) atoms. The highest BCUT2D eigenvalue weighted by atomic mass is 16.5. The van der Waals surface area contributed by atoms with E-state index in [-0.39, 0.29) is 6.61 Å². The summed E-state index contributed by atoms with van der Waals surface area (Å²) in [7, 11) is 1.62. The lowest BCUT2D eigenvalue weighted by molar-refractivity contribution is 0.294. The largest absolute Gasteiger partial charge is 0.497 e. The topological polar surface area (TPSA) is 74.7 Å². The Kier molecular flexibility index (Phi) is 3.12. The van der Waals surface area contributed by atoms with Crippen molar-refractivity contribution in [2.24, 2.45) is 0 Å². The highest BCUT2D eigenvalue weighted by Gasteiger charge is 2.06. The molecule has 0 radical (unpaired) electrons. The maximum absolute atomic E-state index is 5.83. The summed E-state index contributed by atoms with van der Waals surface area (Å²) >= 11 is 0. The highest BCUT2D eigenvalue weighted by Crippen LogP contribution is 2.19. The Bertz CT molecular complexity index is 739. The number of anilines is 1. The highest BCUT2D eigenvalue weighted by molar-refractivity contribution is 5.63. The second-order valence-electron chi connectivity index (χ2n) is 4.23. The van der Waals surface area contributed by atoms with Crippen molar-refractivity contribution in [3.8, 4) is 11.5 Å². The zero-order chi connectivity index (χ0) is 13.9. The number of methoxy groups -OCH3 is 1. The molecule has 2 heterocycles. The third-order valence-electron chi connectivity index (χ3n) is 2.85. The average molecular weight is 270 g/mol. The number of hydrogen-bond acceptors (Lipinski definition) is 5. The van der Waals surface area contributed by atoms with Crippen molar-refractivity contribution in [3.05, 3.63) is 48.4 Å². The number of pyridine rings is 1. The third-order valence-corrected chi connectivity index (χ3v) is 2.85. The van der Waals surface area contributed by atoms with Crippen LogP contribution >= 0.6 is 0 Å². The van der Waals surface area contributed by atoms with Crippen LogP contribution in [0.2, 0.25) is 0 Å². The smallest absolute Gasteiger partial charge is 0.189 e. The molecule has 0 saturated heterocycles.